The fourth-order valence-electron chi connectivity index (χ4n) is 2.45. The Bertz CT molecular complexity index is 753. The van der Waals surface area contributed by atoms with Gasteiger partial charge in [0.15, 0.2) is 5.11 Å². The van der Waals surface area contributed by atoms with Crippen LogP contribution in [-0.2, 0) is 12.7 Å². The minimum absolute atomic E-state index is 0.257. The molecule has 0 unspecified atom stereocenters. The zero-order valence-electron chi connectivity index (χ0n) is 14.4. The van der Waals surface area contributed by atoms with Gasteiger partial charge in [0.2, 0.25) is 0 Å². The van der Waals surface area contributed by atoms with Crippen LogP contribution in [0.1, 0.15) is 35.9 Å². The topological polar surface area (TPSA) is 41.9 Å². The number of nitrogens with zero attached hydrogens (tertiary/aromatic N) is 2. The van der Waals surface area contributed by atoms with Crippen LogP contribution in [0.4, 0.5) is 18.9 Å². The first-order chi connectivity index (χ1) is 11.7. The summed E-state index contributed by atoms with van der Waals surface area (Å²) in [4.78, 5) is 0. The molecule has 136 valence electrons. The first-order valence-electron chi connectivity index (χ1n) is 7.97. The third-order valence-corrected chi connectivity index (χ3v) is 3.99. The second kappa shape index (κ2) is 7.86. The number of hydrogen-bond donors (Lipinski definition) is 2. The van der Waals surface area contributed by atoms with Gasteiger partial charge in [-0.05, 0) is 50.2 Å². The predicted molar refractivity (Wildman–Crippen MR) is 96.8 cm³/mol. The van der Waals surface area contributed by atoms with E-state index in [9.17, 15) is 13.2 Å². The van der Waals surface area contributed by atoms with Gasteiger partial charge in [-0.2, -0.15) is 18.3 Å². The number of anilines is 1. The second-order valence-electron chi connectivity index (χ2n) is 5.78. The Morgan fingerprint density at radius 3 is 2.64 bits per heavy atom. The second-order valence-corrected chi connectivity index (χ2v) is 6.19. The van der Waals surface area contributed by atoms with E-state index in [1.807, 2.05) is 20.8 Å². The van der Waals surface area contributed by atoms with E-state index in [1.165, 1.54) is 6.07 Å². The third kappa shape index (κ3) is 4.94. The van der Waals surface area contributed by atoms with Crippen LogP contribution >= 0.6 is 12.2 Å². The SMILES string of the molecule is CCCNC(=S)Nc1c(C)nn(Cc2cccc(C(F)(F)F)c2)c1C. The van der Waals surface area contributed by atoms with Crippen molar-refractivity contribution in [3.05, 3.63) is 46.8 Å². The van der Waals surface area contributed by atoms with Gasteiger partial charge in [0.05, 0.1) is 29.2 Å². The molecule has 4 nitrogen and oxygen atoms in total. The lowest BCUT2D eigenvalue weighted by molar-refractivity contribution is -0.137. The van der Waals surface area contributed by atoms with Gasteiger partial charge in [0.1, 0.15) is 0 Å². The van der Waals surface area contributed by atoms with E-state index >= 15 is 0 Å². The molecule has 0 saturated heterocycles. The summed E-state index contributed by atoms with van der Waals surface area (Å²) in [7, 11) is 0. The average molecular weight is 370 g/mol. The average Bonchev–Trinajstić information content (AvgIpc) is 2.80. The largest absolute Gasteiger partial charge is 0.416 e. The third-order valence-electron chi connectivity index (χ3n) is 3.74. The number of thiocarbonyl (C=S) groups is 1. The Balaban J connectivity index is 2.19. The van der Waals surface area contributed by atoms with Crippen molar-refractivity contribution in [3.8, 4) is 0 Å². The number of halogens is 3. The van der Waals surface area contributed by atoms with Crippen LogP contribution < -0.4 is 10.6 Å². The van der Waals surface area contributed by atoms with Crippen molar-refractivity contribution in [2.75, 3.05) is 11.9 Å². The molecule has 2 N–H and O–H groups in total. The van der Waals surface area contributed by atoms with E-state index in [-0.39, 0.29) is 6.54 Å². The minimum atomic E-state index is -4.35. The molecule has 0 atom stereocenters. The molecule has 0 spiro atoms. The molecule has 0 fully saturated rings. The molecule has 1 aromatic heterocycles. The standard InChI is InChI=1S/C17H21F3N4S/c1-4-8-21-16(25)22-15-11(2)23-24(12(15)3)10-13-6-5-7-14(9-13)17(18,19)20/h5-7,9H,4,8,10H2,1-3H3,(H2,21,22,25). The van der Waals surface area contributed by atoms with E-state index in [4.69, 9.17) is 12.2 Å². The van der Waals surface area contributed by atoms with Crippen molar-refractivity contribution in [2.24, 2.45) is 0 Å². The summed E-state index contributed by atoms with van der Waals surface area (Å²) in [5.41, 5.74) is 2.22. The van der Waals surface area contributed by atoms with Crippen LogP contribution in [0.2, 0.25) is 0 Å². The van der Waals surface area contributed by atoms with E-state index < -0.39 is 11.7 Å². The number of nitrogens with one attached hydrogen (secondary N) is 2. The maximum Gasteiger partial charge on any atom is 0.416 e. The Labute approximate surface area is 150 Å². The van der Waals surface area contributed by atoms with Gasteiger partial charge in [-0.3, -0.25) is 4.68 Å². The van der Waals surface area contributed by atoms with Crippen LogP contribution in [0.15, 0.2) is 24.3 Å². The molecule has 8 heteroatoms. The summed E-state index contributed by atoms with van der Waals surface area (Å²) in [5, 5.41) is 11.1. The highest BCUT2D eigenvalue weighted by molar-refractivity contribution is 7.80. The molecule has 25 heavy (non-hydrogen) atoms. The fourth-order valence-corrected chi connectivity index (χ4v) is 2.65. The molecule has 0 aliphatic rings. The van der Waals surface area contributed by atoms with Crippen molar-refractivity contribution in [1.29, 1.82) is 0 Å². The summed E-state index contributed by atoms with van der Waals surface area (Å²) in [6.07, 6.45) is -3.40. The highest BCUT2D eigenvalue weighted by Gasteiger charge is 2.30. The van der Waals surface area contributed by atoms with Crippen molar-refractivity contribution in [3.63, 3.8) is 0 Å². The summed E-state index contributed by atoms with van der Waals surface area (Å²) in [6.45, 7) is 6.76. The van der Waals surface area contributed by atoms with Gasteiger partial charge >= 0.3 is 6.18 Å². The van der Waals surface area contributed by atoms with Gasteiger partial charge < -0.3 is 10.6 Å². The monoisotopic (exact) mass is 370 g/mol. The highest BCUT2D eigenvalue weighted by atomic mass is 32.1. The summed E-state index contributed by atoms with van der Waals surface area (Å²) >= 11 is 5.23. The van der Waals surface area contributed by atoms with Gasteiger partial charge in [0.25, 0.3) is 0 Å². The molecule has 0 saturated carbocycles. The van der Waals surface area contributed by atoms with Crippen molar-refractivity contribution in [1.82, 2.24) is 15.1 Å². The number of rotatable bonds is 5. The number of benzene rings is 1. The molecule has 1 heterocycles. The van der Waals surface area contributed by atoms with Crippen molar-refractivity contribution < 1.29 is 13.2 Å². The summed E-state index contributed by atoms with van der Waals surface area (Å²) < 4.78 is 40.2. The van der Waals surface area contributed by atoms with Crippen molar-refractivity contribution >= 4 is 23.0 Å². The molecule has 0 aliphatic carbocycles. The maximum atomic E-state index is 12.8. The quantitative estimate of drug-likeness (QED) is 0.772. The molecule has 0 radical (unpaired) electrons. The minimum Gasteiger partial charge on any atom is -0.362 e. The van der Waals surface area contributed by atoms with Gasteiger partial charge in [0, 0.05) is 6.54 Å². The summed E-state index contributed by atoms with van der Waals surface area (Å²) in [5.74, 6) is 0. The van der Waals surface area contributed by atoms with E-state index in [1.54, 1.807) is 10.7 Å². The van der Waals surface area contributed by atoms with E-state index in [0.717, 1.165) is 42.2 Å². The molecular formula is C17H21F3N4S. The zero-order chi connectivity index (χ0) is 18.6. The maximum absolute atomic E-state index is 12.8. The summed E-state index contributed by atoms with van der Waals surface area (Å²) in [6, 6.07) is 5.28. The van der Waals surface area contributed by atoms with Crippen molar-refractivity contribution in [2.45, 2.75) is 39.9 Å². The van der Waals surface area contributed by atoms with Crippen LogP contribution in [0.25, 0.3) is 0 Å². The predicted octanol–water partition coefficient (Wildman–Crippen LogP) is 4.26. The number of aryl methyl sites for hydroxylation is 1. The molecular weight excluding hydrogens is 349 g/mol. The normalized spacial score (nSPS) is 11.4. The van der Waals surface area contributed by atoms with Gasteiger partial charge in [-0.15, -0.1) is 0 Å². The zero-order valence-corrected chi connectivity index (χ0v) is 15.2. The number of aromatic nitrogens is 2. The fraction of sp³-hybridized carbons (Fsp3) is 0.412. The van der Waals surface area contributed by atoms with Gasteiger partial charge in [-0.1, -0.05) is 19.1 Å². The first kappa shape index (κ1) is 19.2. The van der Waals surface area contributed by atoms with E-state index in [2.05, 4.69) is 15.7 Å². The lowest BCUT2D eigenvalue weighted by Gasteiger charge is -2.11. The Morgan fingerprint density at radius 1 is 1.28 bits per heavy atom. The highest BCUT2D eigenvalue weighted by Crippen LogP contribution is 2.30. The molecule has 1 aromatic carbocycles. The van der Waals surface area contributed by atoms with Crippen LogP contribution in [0, 0.1) is 13.8 Å². The Morgan fingerprint density at radius 2 is 2.00 bits per heavy atom. The molecule has 2 rings (SSSR count). The molecule has 0 amide bonds. The molecule has 0 aliphatic heterocycles. The molecule has 2 aromatic rings. The van der Waals surface area contributed by atoms with Crippen LogP contribution in [-0.4, -0.2) is 21.4 Å². The lowest BCUT2D eigenvalue weighted by Crippen LogP contribution is -2.29. The number of alkyl halides is 3. The van der Waals surface area contributed by atoms with Crippen LogP contribution in [0.3, 0.4) is 0 Å². The first-order valence-corrected chi connectivity index (χ1v) is 8.38. The Kier molecular flexibility index (Phi) is 6.05. The smallest absolute Gasteiger partial charge is 0.362 e. The lowest BCUT2D eigenvalue weighted by atomic mass is 10.1. The molecule has 0 bridgehead atoms. The van der Waals surface area contributed by atoms with E-state index in [0.29, 0.717) is 10.7 Å². The van der Waals surface area contributed by atoms with Gasteiger partial charge in [-0.25, -0.2) is 0 Å². The van der Waals surface area contributed by atoms with Crippen LogP contribution in [0.5, 0.6) is 0 Å². The Hall–Kier alpha value is -2.09. The number of hydrogen-bond acceptors (Lipinski definition) is 2.